The lowest BCUT2D eigenvalue weighted by molar-refractivity contribution is 0.609. The van der Waals surface area contributed by atoms with E-state index in [1.54, 1.807) is 0 Å². The number of aromatic nitrogens is 2. The molecule has 2 aromatic rings. The lowest BCUT2D eigenvalue weighted by Crippen LogP contribution is -2.22. The smallest absolute Gasteiger partial charge is 0.0865 e. The molecule has 0 aliphatic carbocycles. The summed E-state index contributed by atoms with van der Waals surface area (Å²) in [4.78, 5) is 2.33. The summed E-state index contributed by atoms with van der Waals surface area (Å²) in [6.07, 6.45) is 1.06. The minimum atomic E-state index is 0.782. The van der Waals surface area contributed by atoms with E-state index in [4.69, 9.17) is 17.3 Å². The second-order valence-corrected chi connectivity index (χ2v) is 5.60. The summed E-state index contributed by atoms with van der Waals surface area (Å²) in [5.41, 5.74) is 11.3. The Labute approximate surface area is 124 Å². The molecule has 0 fully saturated rings. The molecule has 1 aromatic heterocycles. The molecule has 0 saturated heterocycles. The van der Waals surface area contributed by atoms with Gasteiger partial charge in [0.25, 0.3) is 0 Å². The molecule has 3 rings (SSSR count). The number of benzene rings is 1. The van der Waals surface area contributed by atoms with Gasteiger partial charge in [-0.2, -0.15) is 5.10 Å². The van der Waals surface area contributed by atoms with Gasteiger partial charge in [0.05, 0.1) is 23.0 Å². The van der Waals surface area contributed by atoms with Crippen molar-refractivity contribution in [2.75, 3.05) is 17.2 Å². The van der Waals surface area contributed by atoms with Gasteiger partial charge in [0.2, 0.25) is 0 Å². The van der Waals surface area contributed by atoms with Crippen LogP contribution in [0.25, 0.3) is 0 Å². The summed E-state index contributed by atoms with van der Waals surface area (Å²) in [6, 6.07) is 6.14. The van der Waals surface area contributed by atoms with Crippen molar-refractivity contribution in [2.24, 2.45) is 0 Å². The summed E-state index contributed by atoms with van der Waals surface area (Å²) < 4.78 is 1.99. The van der Waals surface area contributed by atoms with Crippen LogP contribution in [0.1, 0.15) is 23.9 Å². The largest absolute Gasteiger partial charge is 0.399 e. The highest BCUT2D eigenvalue weighted by Gasteiger charge is 2.22. The van der Waals surface area contributed by atoms with Gasteiger partial charge in [-0.15, -0.1) is 0 Å². The zero-order chi connectivity index (χ0) is 14.3. The maximum Gasteiger partial charge on any atom is 0.0865 e. The molecule has 0 atom stereocenters. The molecule has 2 heterocycles. The Hall–Kier alpha value is -1.68. The van der Waals surface area contributed by atoms with Crippen LogP contribution in [-0.2, 0) is 19.5 Å². The van der Waals surface area contributed by atoms with Crippen molar-refractivity contribution in [3.05, 3.63) is 40.2 Å². The third-order valence-electron chi connectivity index (χ3n) is 3.89. The fourth-order valence-corrected chi connectivity index (χ4v) is 3.02. The Bertz CT molecular complexity index is 648. The van der Waals surface area contributed by atoms with Crippen LogP contribution in [0.3, 0.4) is 0 Å². The van der Waals surface area contributed by atoms with Crippen LogP contribution in [0.4, 0.5) is 11.4 Å². The Morgan fingerprint density at radius 1 is 1.40 bits per heavy atom. The summed E-state index contributed by atoms with van der Waals surface area (Å²) in [7, 11) is 0. The predicted octanol–water partition coefficient (Wildman–Crippen LogP) is 3.01. The van der Waals surface area contributed by atoms with Crippen LogP contribution in [0, 0.1) is 6.92 Å². The van der Waals surface area contributed by atoms with Crippen LogP contribution in [0.2, 0.25) is 5.02 Å². The van der Waals surface area contributed by atoms with E-state index >= 15 is 0 Å². The van der Waals surface area contributed by atoms with Crippen molar-refractivity contribution < 1.29 is 0 Å². The number of aryl methyl sites for hydroxylation is 2. The number of hydrogen-bond donors (Lipinski definition) is 1. The average molecular weight is 291 g/mol. The minimum Gasteiger partial charge on any atom is -0.399 e. The number of hydrogen-bond acceptors (Lipinski definition) is 3. The zero-order valence-electron chi connectivity index (χ0n) is 11.9. The molecule has 0 spiro atoms. The predicted molar refractivity (Wildman–Crippen MR) is 83.3 cm³/mol. The molecule has 0 radical (unpaired) electrons. The summed E-state index contributed by atoms with van der Waals surface area (Å²) in [5, 5.41) is 5.26. The Morgan fingerprint density at radius 2 is 2.20 bits per heavy atom. The number of nitrogens with two attached hydrogens (primary N) is 1. The fraction of sp³-hybridized carbons (Fsp3) is 0.400. The highest BCUT2D eigenvalue weighted by Crippen LogP contribution is 2.32. The van der Waals surface area contributed by atoms with E-state index in [0.29, 0.717) is 0 Å². The van der Waals surface area contributed by atoms with Crippen molar-refractivity contribution in [1.29, 1.82) is 0 Å². The normalized spacial score (nSPS) is 13.8. The summed E-state index contributed by atoms with van der Waals surface area (Å²) in [5.74, 6) is 0. The van der Waals surface area contributed by atoms with E-state index in [-0.39, 0.29) is 0 Å². The Morgan fingerprint density at radius 3 is 2.95 bits per heavy atom. The van der Waals surface area contributed by atoms with Crippen molar-refractivity contribution in [3.63, 3.8) is 0 Å². The first-order valence-corrected chi connectivity index (χ1v) is 7.33. The van der Waals surface area contributed by atoms with Gasteiger partial charge in [0, 0.05) is 24.5 Å². The molecule has 1 aromatic carbocycles. The minimum absolute atomic E-state index is 0.782. The first-order chi connectivity index (χ1) is 9.60. The van der Waals surface area contributed by atoms with Gasteiger partial charge < -0.3 is 10.6 Å². The monoisotopic (exact) mass is 290 g/mol. The van der Waals surface area contributed by atoms with Crippen LogP contribution >= 0.6 is 11.6 Å². The molecule has 2 N–H and O–H groups in total. The topological polar surface area (TPSA) is 47.1 Å². The number of anilines is 2. The Balaban J connectivity index is 1.93. The highest BCUT2D eigenvalue weighted by atomic mass is 35.5. The van der Waals surface area contributed by atoms with E-state index in [9.17, 15) is 0 Å². The standard InChI is InChI=1S/C15H19ClN4/c1-3-20-14(15(16)10(2)18-20)9-19-7-6-11-4-5-12(17)8-13(11)19/h4-5,8H,3,6-7,9,17H2,1-2H3. The third kappa shape index (κ3) is 2.14. The lowest BCUT2D eigenvalue weighted by atomic mass is 10.1. The molecule has 0 amide bonds. The molecule has 0 unspecified atom stereocenters. The van der Waals surface area contributed by atoms with E-state index in [1.165, 1.54) is 11.3 Å². The molecule has 20 heavy (non-hydrogen) atoms. The van der Waals surface area contributed by atoms with E-state index in [1.807, 2.05) is 17.7 Å². The van der Waals surface area contributed by atoms with Crippen LogP contribution < -0.4 is 10.6 Å². The first-order valence-electron chi connectivity index (χ1n) is 6.95. The molecular formula is C15H19ClN4. The number of nitrogens with zero attached hydrogens (tertiary/aromatic N) is 3. The third-order valence-corrected chi connectivity index (χ3v) is 4.39. The SMILES string of the molecule is CCn1nc(C)c(Cl)c1CN1CCc2ccc(N)cc21. The van der Waals surface area contributed by atoms with Gasteiger partial charge in [0.1, 0.15) is 0 Å². The quantitative estimate of drug-likeness (QED) is 0.884. The number of nitrogen functional groups attached to an aromatic ring is 1. The van der Waals surface area contributed by atoms with Crippen molar-refractivity contribution in [1.82, 2.24) is 9.78 Å². The molecule has 5 heteroatoms. The van der Waals surface area contributed by atoms with E-state index < -0.39 is 0 Å². The number of fused-ring (bicyclic) bond motifs is 1. The number of halogens is 1. The first kappa shape index (κ1) is 13.3. The van der Waals surface area contributed by atoms with Gasteiger partial charge in [-0.3, -0.25) is 4.68 Å². The van der Waals surface area contributed by atoms with Gasteiger partial charge in [-0.1, -0.05) is 17.7 Å². The maximum atomic E-state index is 6.39. The molecule has 1 aliphatic heterocycles. The second kappa shape index (κ2) is 5.02. The van der Waals surface area contributed by atoms with E-state index in [2.05, 4.69) is 29.1 Å². The number of rotatable bonds is 3. The van der Waals surface area contributed by atoms with Gasteiger partial charge in [-0.05, 0) is 38.0 Å². The molecule has 106 valence electrons. The van der Waals surface area contributed by atoms with Crippen LogP contribution in [0.5, 0.6) is 0 Å². The van der Waals surface area contributed by atoms with Gasteiger partial charge >= 0.3 is 0 Å². The lowest BCUT2D eigenvalue weighted by Gasteiger charge is -2.20. The zero-order valence-corrected chi connectivity index (χ0v) is 12.6. The Kier molecular flexibility index (Phi) is 3.34. The van der Waals surface area contributed by atoms with Crippen LogP contribution in [0.15, 0.2) is 18.2 Å². The highest BCUT2D eigenvalue weighted by molar-refractivity contribution is 6.31. The van der Waals surface area contributed by atoms with Crippen molar-refractivity contribution in [3.8, 4) is 0 Å². The maximum absolute atomic E-state index is 6.39. The van der Waals surface area contributed by atoms with Gasteiger partial charge in [-0.25, -0.2) is 0 Å². The van der Waals surface area contributed by atoms with Gasteiger partial charge in [0.15, 0.2) is 0 Å². The summed E-state index contributed by atoms with van der Waals surface area (Å²) in [6.45, 7) is 6.66. The molecular weight excluding hydrogens is 272 g/mol. The molecule has 1 aliphatic rings. The van der Waals surface area contributed by atoms with Crippen LogP contribution in [-0.4, -0.2) is 16.3 Å². The van der Waals surface area contributed by atoms with Crippen molar-refractivity contribution >= 4 is 23.0 Å². The van der Waals surface area contributed by atoms with E-state index in [0.717, 1.165) is 48.2 Å². The van der Waals surface area contributed by atoms with Crippen molar-refractivity contribution in [2.45, 2.75) is 33.4 Å². The molecule has 4 nitrogen and oxygen atoms in total. The molecule has 0 bridgehead atoms. The molecule has 0 saturated carbocycles. The fourth-order valence-electron chi connectivity index (χ4n) is 2.83. The average Bonchev–Trinajstić information content (AvgIpc) is 2.95. The summed E-state index contributed by atoms with van der Waals surface area (Å²) >= 11 is 6.39. The second-order valence-electron chi connectivity index (χ2n) is 5.22.